The summed E-state index contributed by atoms with van der Waals surface area (Å²) >= 11 is 1.14. The van der Waals surface area contributed by atoms with Crippen LogP contribution in [0.4, 0.5) is 0 Å². The average molecular weight is 318 g/mol. The topological polar surface area (TPSA) is 75.7 Å². The summed E-state index contributed by atoms with van der Waals surface area (Å²) < 4.78 is 31.6. The average Bonchev–Trinajstić information content (AvgIpc) is 2.89. The van der Waals surface area contributed by atoms with E-state index in [1.165, 1.54) is 10.4 Å². The lowest BCUT2D eigenvalue weighted by molar-refractivity contribution is 0.0730. The molecule has 1 fully saturated rings. The Hall–Kier alpha value is -0.960. The lowest BCUT2D eigenvalue weighted by Crippen LogP contribution is -2.41. The summed E-state index contributed by atoms with van der Waals surface area (Å²) in [6, 6.07) is 1.45. The number of hydrogen-bond acceptors (Lipinski definition) is 5. The van der Waals surface area contributed by atoms with Crippen molar-refractivity contribution in [3.05, 3.63) is 16.3 Å². The molecule has 20 heavy (non-hydrogen) atoms. The third-order valence-corrected chi connectivity index (χ3v) is 5.83. The van der Waals surface area contributed by atoms with Crippen LogP contribution in [-0.2, 0) is 14.8 Å². The fourth-order valence-electron chi connectivity index (χ4n) is 1.92. The van der Waals surface area contributed by atoms with E-state index in [1.54, 1.807) is 5.38 Å². The Morgan fingerprint density at radius 1 is 1.40 bits per heavy atom. The minimum atomic E-state index is -3.63. The number of thiophene rings is 1. The minimum absolute atomic E-state index is 0.0384. The van der Waals surface area contributed by atoms with E-state index in [4.69, 9.17) is 4.74 Å². The van der Waals surface area contributed by atoms with Gasteiger partial charge in [-0.1, -0.05) is 0 Å². The first-order chi connectivity index (χ1) is 9.43. The Balaban J connectivity index is 2.28. The lowest BCUT2D eigenvalue weighted by Gasteiger charge is -2.26. The molecule has 0 saturated carbocycles. The number of carbonyl (C=O) groups excluding carboxylic acids is 1. The summed E-state index contributed by atoms with van der Waals surface area (Å²) in [7, 11) is -3.63. The van der Waals surface area contributed by atoms with Crippen molar-refractivity contribution < 1.29 is 17.9 Å². The lowest BCUT2D eigenvalue weighted by atomic mass is 10.3. The third kappa shape index (κ3) is 3.20. The zero-order valence-corrected chi connectivity index (χ0v) is 13.1. The molecule has 6 nitrogen and oxygen atoms in total. The van der Waals surface area contributed by atoms with E-state index in [0.717, 1.165) is 11.3 Å². The highest BCUT2D eigenvalue weighted by Crippen LogP contribution is 2.25. The molecule has 8 heteroatoms. The first-order valence-corrected chi connectivity index (χ1v) is 8.71. The zero-order chi connectivity index (χ0) is 14.8. The quantitative estimate of drug-likeness (QED) is 0.895. The predicted molar refractivity (Wildman–Crippen MR) is 76.5 cm³/mol. The van der Waals surface area contributed by atoms with Crippen molar-refractivity contribution in [3.63, 3.8) is 0 Å². The molecule has 0 spiro atoms. The summed E-state index contributed by atoms with van der Waals surface area (Å²) in [4.78, 5) is 12.4. The van der Waals surface area contributed by atoms with Crippen molar-refractivity contribution >= 4 is 27.3 Å². The van der Waals surface area contributed by atoms with Crippen LogP contribution in [0.5, 0.6) is 0 Å². The van der Waals surface area contributed by atoms with Gasteiger partial charge in [-0.3, -0.25) is 4.79 Å². The van der Waals surface area contributed by atoms with Crippen molar-refractivity contribution in [1.82, 2.24) is 9.62 Å². The number of sulfonamides is 1. The number of hydrogen-bond donors (Lipinski definition) is 1. The van der Waals surface area contributed by atoms with E-state index in [0.29, 0.717) is 26.3 Å². The molecule has 1 saturated heterocycles. The van der Waals surface area contributed by atoms with Crippen molar-refractivity contribution in [2.24, 2.45) is 0 Å². The fraction of sp³-hybridized carbons (Fsp3) is 0.583. The highest BCUT2D eigenvalue weighted by atomic mass is 32.2. The number of morpholine rings is 1. The van der Waals surface area contributed by atoms with E-state index in [2.05, 4.69) is 5.32 Å². The summed E-state index contributed by atoms with van der Waals surface area (Å²) in [6.45, 7) is 5.09. The van der Waals surface area contributed by atoms with Crippen LogP contribution in [0.1, 0.15) is 23.5 Å². The van der Waals surface area contributed by atoms with Gasteiger partial charge in [0, 0.05) is 19.1 Å². The van der Waals surface area contributed by atoms with Crippen LogP contribution in [-0.4, -0.2) is 51.0 Å². The predicted octanol–water partition coefficient (Wildman–Crippen LogP) is 0.907. The number of nitrogens with zero attached hydrogens (tertiary/aromatic N) is 1. The number of amides is 1. The van der Waals surface area contributed by atoms with Crippen molar-refractivity contribution in [1.29, 1.82) is 0 Å². The molecule has 1 amide bonds. The molecule has 1 aliphatic rings. The van der Waals surface area contributed by atoms with Crippen molar-refractivity contribution in [2.75, 3.05) is 26.3 Å². The van der Waals surface area contributed by atoms with Gasteiger partial charge in [0.05, 0.1) is 13.2 Å². The maximum absolute atomic E-state index is 12.6. The Kier molecular flexibility index (Phi) is 4.79. The van der Waals surface area contributed by atoms with Crippen LogP contribution in [0.15, 0.2) is 16.3 Å². The van der Waals surface area contributed by atoms with Gasteiger partial charge in [0.1, 0.15) is 9.77 Å². The Morgan fingerprint density at radius 2 is 2.05 bits per heavy atom. The van der Waals surface area contributed by atoms with E-state index in [1.807, 2.05) is 13.8 Å². The van der Waals surface area contributed by atoms with Gasteiger partial charge in [-0.05, 0) is 25.3 Å². The number of ether oxygens (including phenoxy) is 1. The standard InChI is InChI=1S/C12H18N2O4S2/c1-9(2)13-12(15)11-10(3-8-19-11)20(16,17)14-4-6-18-7-5-14/h3,8-9H,4-7H2,1-2H3,(H,13,15). The van der Waals surface area contributed by atoms with Gasteiger partial charge in [0.25, 0.3) is 5.91 Å². The molecule has 0 atom stereocenters. The van der Waals surface area contributed by atoms with Crippen LogP contribution in [0.2, 0.25) is 0 Å². The summed E-state index contributed by atoms with van der Waals surface area (Å²) in [6.07, 6.45) is 0. The van der Waals surface area contributed by atoms with Gasteiger partial charge in [-0.25, -0.2) is 8.42 Å². The maximum atomic E-state index is 12.6. The number of rotatable bonds is 4. The van der Waals surface area contributed by atoms with Crippen LogP contribution in [0.25, 0.3) is 0 Å². The third-order valence-electron chi connectivity index (χ3n) is 2.84. The molecule has 1 aromatic heterocycles. The van der Waals surface area contributed by atoms with Gasteiger partial charge in [0.2, 0.25) is 10.0 Å². The smallest absolute Gasteiger partial charge is 0.262 e. The van der Waals surface area contributed by atoms with Gasteiger partial charge in [0.15, 0.2) is 0 Å². The van der Waals surface area contributed by atoms with Crippen LogP contribution >= 0.6 is 11.3 Å². The van der Waals surface area contributed by atoms with E-state index < -0.39 is 10.0 Å². The second-order valence-electron chi connectivity index (χ2n) is 4.76. The molecular weight excluding hydrogens is 300 g/mol. The maximum Gasteiger partial charge on any atom is 0.262 e. The summed E-state index contributed by atoms with van der Waals surface area (Å²) in [5.74, 6) is -0.346. The van der Waals surface area contributed by atoms with Crippen molar-refractivity contribution in [2.45, 2.75) is 24.8 Å². The first kappa shape index (κ1) is 15.4. The van der Waals surface area contributed by atoms with Crippen LogP contribution in [0.3, 0.4) is 0 Å². The first-order valence-electron chi connectivity index (χ1n) is 6.39. The van der Waals surface area contributed by atoms with E-state index in [-0.39, 0.29) is 21.7 Å². The molecule has 112 valence electrons. The highest BCUT2D eigenvalue weighted by Gasteiger charge is 2.31. The minimum Gasteiger partial charge on any atom is -0.379 e. The van der Waals surface area contributed by atoms with Gasteiger partial charge in [-0.15, -0.1) is 11.3 Å². The van der Waals surface area contributed by atoms with Crippen LogP contribution < -0.4 is 5.32 Å². The Morgan fingerprint density at radius 3 is 2.65 bits per heavy atom. The normalized spacial score (nSPS) is 17.4. The van der Waals surface area contributed by atoms with E-state index >= 15 is 0 Å². The Bertz CT molecular complexity index is 574. The van der Waals surface area contributed by atoms with Crippen molar-refractivity contribution in [3.8, 4) is 0 Å². The molecule has 1 aliphatic heterocycles. The summed E-state index contributed by atoms with van der Waals surface area (Å²) in [5, 5.41) is 4.35. The molecule has 1 N–H and O–H groups in total. The molecule has 1 aromatic rings. The zero-order valence-electron chi connectivity index (χ0n) is 11.5. The summed E-state index contributed by atoms with van der Waals surface area (Å²) in [5.41, 5.74) is 0. The molecule has 0 bridgehead atoms. The Labute approximate surface area is 122 Å². The van der Waals surface area contributed by atoms with Gasteiger partial charge >= 0.3 is 0 Å². The second kappa shape index (κ2) is 6.21. The second-order valence-corrected chi connectivity index (χ2v) is 7.58. The molecule has 2 rings (SSSR count). The fourth-order valence-corrected chi connectivity index (χ4v) is 4.63. The molecular formula is C12H18N2O4S2. The number of nitrogens with one attached hydrogen (secondary N) is 1. The van der Waals surface area contributed by atoms with Gasteiger partial charge < -0.3 is 10.1 Å². The van der Waals surface area contributed by atoms with Gasteiger partial charge in [-0.2, -0.15) is 4.31 Å². The molecule has 0 aliphatic carbocycles. The largest absolute Gasteiger partial charge is 0.379 e. The van der Waals surface area contributed by atoms with Crippen LogP contribution in [0, 0.1) is 0 Å². The molecule has 0 aromatic carbocycles. The monoisotopic (exact) mass is 318 g/mol. The molecule has 0 radical (unpaired) electrons. The molecule has 0 unspecified atom stereocenters. The van der Waals surface area contributed by atoms with E-state index in [9.17, 15) is 13.2 Å². The highest BCUT2D eigenvalue weighted by molar-refractivity contribution is 7.89. The SMILES string of the molecule is CC(C)NC(=O)c1sccc1S(=O)(=O)N1CCOCC1. The molecule has 2 heterocycles. The number of carbonyl (C=O) groups is 1.